The Labute approximate surface area is 164 Å². The molecule has 4 rings (SSSR count). The van der Waals surface area contributed by atoms with Crippen molar-refractivity contribution in [1.82, 2.24) is 20.0 Å². The van der Waals surface area contributed by atoms with Gasteiger partial charge in [-0.3, -0.25) is 9.48 Å². The highest BCUT2D eigenvalue weighted by molar-refractivity contribution is 7.20. The van der Waals surface area contributed by atoms with Crippen molar-refractivity contribution in [3.8, 4) is 0 Å². The molecule has 1 atom stereocenters. The number of benzene rings is 1. The summed E-state index contributed by atoms with van der Waals surface area (Å²) in [5.74, 6) is 0.722. The zero-order valence-corrected chi connectivity index (χ0v) is 16.8. The number of nitrogens with one attached hydrogen (secondary N) is 1. The first kappa shape index (κ1) is 18.2. The average Bonchev–Trinajstić information content (AvgIpc) is 3.24. The number of nitrogens with zero attached hydrogens (tertiary/aromatic N) is 3. The quantitative estimate of drug-likeness (QED) is 0.734. The molecule has 0 saturated carbocycles. The summed E-state index contributed by atoms with van der Waals surface area (Å²) in [7, 11) is 1.98. The first-order valence-corrected chi connectivity index (χ1v) is 10.4. The van der Waals surface area contributed by atoms with Gasteiger partial charge < -0.3 is 10.2 Å². The van der Waals surface area contributed by atoms with Crippen molar-refractivity contribution >= 4 is 27.5 Å². The number of amides is 1. The van der Waals surface area contributed by atoms with E-state index in [2.05, 4.69) is 22.5 Å². The Balaban J connectivity index is 1.58. The van der Waals surface area contributed by atoms with Crippen molar-refractivity contribution in [2.75, 3.05) is 26.7 Å². The van der Waals surface area contributed by atoms with Crippen LogP contribution in [0.1, 0.15) is 33.8 Å². The lowest BCUT2D eigenvalue weighted by atomic mass is 9.98. The minimum Gasteiger partial charge on any atom is -0.338 e. The van der Waals surface area contributed by atoms with Crippen LogP contribution < -0.4 is 5.32 Å². The van der Waals surface area contributed by atoms with E-state index >= 15 is 0 Å². The molecule has 1 amide bonds. The number of piperidine rings is 1. The Morgan fingerprint density at radius 2 is 2.15 bits per heavy atom. The monoisotopic (exact) mass is 382 g/mol. The molecule has 1 aliphatic heterocycles. The molecule has 1 unspecified atom stereocenters. The van der Waals surface area contributed by atoms with Gasteiger partial charge >= 0.3 is 0 Å². The number of likely N-dealkylation sites (tertiary alicyclic amines) is 1. The van der Waals surface area contributed by atoms with E-state index in [1.54, 1.807) is 11.3 Å². The molecule has 27 heavy (non-hydrogen) atoms. The van der Waals surface area contributed by atoms with Crippen LogP contribution in [0.25, 0.3) is 10.2 Å². The molecule has 0 radical (unpaired) electrons. The van der Waals surface area contributed by atoms with E-state index in [-0.39, 0.29) is 5.91 Å². The molecule has 0 bridgehead atoms. The number of hydrogen-bond acceptors (Lipinski definition) is 4. The molecule has 6 heteroatoms. The van der Waals surface area contributed by atoms with Crippen LogP contribution in [-0.2, 0) is 6.54 Å². The number of hydrogen-bond donors (Lipinski definition) is 1. The van der Waals surface area contributed by atoms with E-state index in [1.165, 1.54) is 12.0 Å². The van der Waals surface area contributed by atoms with Crippen LogP contribution in [0.15, 0.2) is 36.4 Å². The normalized spacial score (nSPS) is 17.6. The number of rotatable bonds is 5. The molecule has 0 spiro atoms. The Kier molecular flexibility index (Phi) is 5.27. The van der Waals surface area contributed by atoms with E-state index in [0.717, 1.165) is 53.4 Å². The minimum absolute atomic E-state index is 0.169. The molecule has 0 aliphatic carbocycles. The fraction of sp³-hybridized carbons (Fsp3) is 0.429. The lowest BCUT2D eigenvalue weighted by Gasteiger charge is -2.32. The second kappa shape index (κ2) is 7.82. The number of thiophene rings is 1. The zero-order valence-electron chi connectivity index (χ0n) is 15.9. The van der Waals surface area contributed by atoms with Crippen molar-refractivity contribution in [2.24, 2.45) is 5.92 Å². The Morgan fingerprint density at radius 1 is 1.33 bits per heavy atom. The van der Waals surface area contributed by atoms with Gasteiger partial charge in [0.1, 0.15) is 4.83 Å². The predicted molar refractivity (Wildman–Crippen MR) is 110 cm³/mol. The summed E-state index contributed by atoms with van der Waals surface area (Å²) in [6.07, 6.45) is 2.28. The molecular formula is C21H26N4OS. The SMILES string of the molecule is CNCC1CCCN(C(=O)c2cc3c(C)nn(Cc4ccccc4)c3s2)C1. The van der Waals surface area contributed by atoms with Crippen LogP contribution in [0.3, 0.4) is 0 Å². The van der Waals surface area contributed by atoms with Crippen molar-refractivity contribution in [3.05, 3.63) is 52.5 Å². The van der Waals surface area contributed by atoms with Gasteiger partial charge in [0, 0.05) is 18.5 Å². The molecule has 5 nitrogen and oxygen atoms in total. The number of aromatic nitrogens is 2. The van der Waals surface area contributed by atoms with Gasteiger partial charge in [0.15, 0.2) is 0 Å². The molecule has 1 N–H and O–H groups in total. The van der Waals surface area contributed by atoms with Crippen LogP contribution in [0.2, 0.25) is 0 Å². The highest BCUT2D eigenvalue weighted by atomic mass is 32.1. The predicted octanol–water partition coefficient (Wildman–Crippen LogP) is 3.53. The molecule has 1 aliphatic rings. The minimum atomic E-state index is 0.169. The number of fused-ring (bicyclic) bond motifs is 1. The summed E-state index contributed by atoms with van der Waals surface area (Å²) in [6, 6.07) is 12.4. The highest BCUT2D eigenvalue weighted by Crippen LogP contribution is 2.30. The molecular weight excluding hydrogens is 356 g/mol. The molecule has 142 valence electrons. The van der Waals surface area contributed by atoms with Gasteiger partial charge in [0.25, 0.3) is 5.91 Å². The fourth-order valence-electron chi connectivity index (χ4n) is 3.94. The van der Waals surface area contributed by atoms with Gasteiger partial charge in [0.2, 0.25) is 0 Å². The molecule has 1 aromatic carbocycles. The lowest BCUT2D eigenvalue weighted by Crippen LogP contribution is -2.42. The first-order valence-electron chi connectivity index (χ1n) is 9.60. The molecule has 2 aromatic heterocycles. The van der Waals surface area contributed by atoms with Crippen molar-refractivity contribution in [1.29, 1.82) is 0 Å². The third-order valence-electron chi connectivity index (χ3n) is 5.29. The van der Waals surface area contributed by atoms with E-state index in [0.29, 0.717) is 5.92 Å². The van der Waals surface area contributed by atoms with E-state index in [1.807, 2.05) is 47.8 Å². The van der Waals surface area contributed by atoms with Crippen LogP contribution in [0.4, 0.5) is 0 Å². The van der Waals surface area contributed by atoms with Crippen molar-refractivity contribution in [2.45, 2.75) is 26.3 Å². The summed E-state index contributed by atoms with van der Waals surface area (Å²) < 4.78 is 2.03. The Morgan fingerprint density at radius 3 is 2.93 bits per heavy atom. The van der Waals surface area contributed by atoms with Crippen LogP contribution >= 0.6 is 11.3 Å². The fourth-order valence-corrected chi connectivity index (χ4v) is 5.07. The van der Waals surface area contributed by atoms with Gasteiger partial charge in [-0.15, -0.1) is 11.3 Å². The number of aryl methyl sites for hydroxylation is 1. The standard InChI is InChI=1S/C21H26N4OS/c1-15-18-11-19(20(26)24-10-6-9-17(13-24)12-22-2)27-21(18)25(23-15)14-16-7-4-3-5-8-16/h3-5,7-8,11,17,22H,6,9-10,12-14H2,1-2H3. The maximum Gasteiger partial charge on any atom is 0.264 e. The maximum atomic E-state index is 13.1. The number of carbonyl (C=O) groups is 1. The van der Waals surface area contributed by atoms with Gasteiger partial charge in [-0.2, -0.15) is 5.10 Å². The van der Waals surface area contributed by atoms with Gasteiger partial charge in [0.05, 0.1) is 17.1 Å². The Bertz CT molecular complexity index is 928. The third kappa shape index (κ3) is 3.77. The van der Waals surface area contributed by atoms with Gasteiger partial charge in [-0.25, -0.2) is 0 Å². The first-order chi connectivity index (χ1) is 13.2. The van der Waals surface area contributed by atoms with E-state index in [4.69, 9.17) is 0 Å². The lowest BCUT2D eigenvalue weighted by molar-refractivity contribution is 0.0679. The van der Waals surface area contributed by atoms with Gasteiger partial charge in [-0.05, 0) is 50.9 Å². The van der Waals surface area contributed by atoms with Crippen molar-refractivity contribution in [3.63, 3.8) is 0 Å². The number of carbonyl (C=O) groups excluding carboxylic acids is 1. The summed E-state index contributed by atoms with van der Waals surface area (Å²) in [5.41, 5.74) is 2.21. The van der Waals surface area contributed by atoms with Crippen LogP contribution in [0, 0.1) is 12.8 Å². The molecule has 3 heterocycles. The van der Waals surface area contributed by atoms with E-state index in [9.17, 15) is 4.79 Å². The van der Waals surface area contributed by atoms with Gasteiger partial charge in [-0.1, -0.05) is 30.3 Å². The van der Waals surface area contributed by atoms with Crippen LogP contribution in [0.5, 0.6) is 0 Å². The smallest absolute Gasteiger partial charge is 0.264 e. The summed E-state index contributed by atoms with van der Waals surface area (Å²) >= 11 is 1.57. The second-order valence-corrected chi connectivity index (χ2v) is 8.41. The highest BCUT2D eigenvalue weighted by Gasteiger charge is 2.26. The molecule has 1 fully saturated rings. The maximum absolute atomic E-state index is 13.1. The summed E-state index contributed by atoms with van der Waals surface area (Å²) in [5, 5.41) is 9.03. The Hall–Kier alpha value is -2.18. The molecule has 3 aromatic rings. The summed E-state index contributed by atoms with van der Waals surface area (Å²) in [6.45, 7) is 5.44. The third-order valence-corrected chi connectivity index (χ3v) is 6.43. The second-order valence-electron chi connectivity index (χ2n) is 7.38. The van der Waals surface area contributed by atoms with Crippen molar-refractivity contribution < 1.29 is 4.79 Å². The van der Waals surface area contributed by atoms with E-state index < -0.39 is 0 Å². The summed E-state index contributed by atoms with van der Waals surface area (Å²) in [4.78, 5) is 17.0. The van der Waals surface area contributed by atoms with Crippen LogP contribution in [-0.4, -0.2) is 47.3 Å². The zero-order chi connectivity index (χ0) is 18.8. The topological polar surface area (TPSA) is 50.2 Å². The average molecular weight is 383 g/mol. The molecule has 1 saturated heterocycles. The largest absolute Gasteiger partial charge is 0.338 e.